The molecule has 3 nitrogen and oxygen atoms in total. The van der Waals surface area contributed by atoms with E-state index in [2.05, 4.69) is 20.9 Å². The number of rotatable bonds is 2. The first-order valence-electron chi connectivity index (χ1n) is 5.67. The van der Waals surface area contributed by atoms with Gasteiger partial charge in [-0.3, -0.25) is 4.40 Å². The molecule has 0 saturated heterocycles. The zero-order valence-electron chi connectivity index (χ0n) is 10.1. The molecule has 0 N–H and O–H groups in total. The lowest BCUT2D eigenvalue weighted by atomic mass is 10.2. The average Bonchev–Trinajstić information content (AvgIpc) is 2.76. The maximum atomic E-state index is 13.9. The van der Waals surface area contributed by atoms with E-state index in [1.54, 1.807) is 35.9 Å². The number of fused-ring (bicyclic) bond motifs is 1. The van der Waals surface area contributed by atoms with Crippen LogP contribution in [0.25, 0.3) is 16.9 Å². The average molecular weight is 321 g/mol. The number of hydrogen-bond donors (Lipinski definition) is 0. The maximum Gasteiger partial charge on any atom is 0.148 e. The van der Waals surface area contributed by atoms with Gasteiger partial charge in [0, 0.05) is 0 Å². The monoisotopic (exact) mass is 320 g/mol. The van der Waals surface area contributed by atoms with Gasteiger partial charge < -0.3 is 4.74 Å². The van der Waals surface area contributed by atoms with Crippen molar-refractivity contribution in [1.82, 2.24) is 9.38 Å². The summed E-state index contributed by atoms with van der Waals surface area (Å²) in [5.41, 5.74) is 1.32. The van der Waals surface area contributed by atoms with Crippen molar-refractivity contribution in [1.29, 1.82) is 0 Å². The molecule has 2 aromatic heterocycles. The largest absolute Gasteiger partial charge is 0.495 e. The minimum atomic E-state index is -0.301. The van der Waals surface area contributed by atoms with Gasteiger partial charge in [-0.2, -0.15) is 0 Å². The van der Waals surface area contributed by atoms with Gasteiger partial charge in [-0.1, -0.05) is 12.1 Å². The molecule has 0 bridgehead atoms. The summed E-state index contributed by atoms with van der Waals surface area (Å²) in [6.45, 7) is 0. The quantitative estimate of drug-likeness (QED) is 0.715. The van der Waals surface area contributed by atoms with Crippen molar-refractivity contribution in [2.45, 2.75) is 0 Å². The summed E-state index contributed by atoms with van der Waals surface area (Å²) in [6.07, 6.45) is 1.79. The van der Waals surface area contributed by atoms with E-state index in [1.807, 2.05) is 12.1 Å². The molecule has 1 aromatic carbocycles. The Balaban J connectivity index is 2.32. The fraction of sp³-hybridized carbons (Fsp3) is 0.0714. The molecule has 0 radical (unpaired) electrons. The number of benzene rings is 1. The van der Waals surface area contributed by atoms with E-state index in [0.29, 0.717) is 21.7 Å². The van der Waals surface area contributed by atoms with E-state index < -0.39 is 0 Å². The number of halogens is 2. The molecule has 0 saturated carbocycles. The van der Waals surface area contributed by atoms with Gasteiger partial charge in [0.25, 0.3) is 0 Å². The topological polar surface area (TPSA) is 26.5 Å². The summed E-state index contributed by atoms with van der Waals surface area (Å²) in [4.78, 5) is 4.38. The number of ether oxygens (including phenoxy) is 1. The second-order valence-electron chi connectivity index (χ2n) is 4.03. The third-order valence-corrected chi connectivity index (χ3v) is 3.50. The Kier molecular flexibility index (Phi) is 2.98. The summed E-state index contributed by atoms with van der Waals surface area (Å²) in [5.74, 6) is 0.929. The lowest BCUT2D eigenvalue weighted by Crippen LogP contribution is -1.93. The van der Waals surface area contributed by atoms with Crippen LogP contribution >= 0.6 is 15.9 Å². The molecule has 0 aliphatic carbocycles. The molecule has 2 heterocycles. The highest BCUT2D eigenvalue weighted by Gasteiger charge is 2.14. The molecule has 19 heavy (non-hydrogen) atoms. The van der Waals surface area contributed by atoms with E-state index in [0.717, 1.165) is 5.52 Å². The zero-order chi connectivity index (χ0) is 13.4. The Morgan fingerprint density at radius 2 is 2.00 bits per heavy atom. The van der Waals surface area contributed by atoms with E-state index in [4.69, 9.17) is 4.74 Å². The third-order valence-electron chi connectivity index (χ3n) is 2.92. The summed E-state index contributed by atoms with van der Waals surface area (Å²) < 4.78 is 21.6. The van der Waals surface area contributed by atoms with Gasteiger partial charge in [-0.15, -0.1) is 0 Å². The lowest BCUT2D eigenvalue weighted by molar-refractivity contribution is 0.412. The summed E-state index contributed by atoms with van der Waals surface area (Å²) in [5, 5.41) is 0. The second kappa shape index (κ2) is 4.66. The second-order valence-corrected chi connectivity index (χ2v) is 4.78. The maximum absolute atomic E-state index is 13.9. The molecule has 3 rings (SSSR count). The Morgan fingerprint density at radius 3 is 2.74 bits per heavy atom. The van der Waals surface area contributed by atoms with Gasteiger partial charge in [-0.25, -0.2) is 9.37 Å². The van der Waals surface area contributed by atoms with Crippen LogP contribution in [0.5, 0.6) is 5.75 Å². The highest BCUT2D eigenvalue weighted by Crippen LogP contribution is 2.29. The van der Waals surface area contributed by atoms with E-state index >= 15 is 0 Å². The molecule has 0 spiro atoms. The van der Waals surface area contributed by atoms with Crippen molar-refractivity contribution in [2.75, 3.05) is 7.11 Å². The van der Waals surface area contributed by atoms with Crippen LogP contribution in [-0.2, 0) is 0 Å². The molecule has 0 amide bonds. The Morgan fingerprint density at radius 1 is 1.21 bits per heavy atom. The van der Waals surface area contributed by atoms with Crippen LogP contribution in [0.2, 0.25) is 0 Å². The zero-order valence-corrected chi connectivity index (χ0v) is 11.7. The summed E-state index contributed by atoms with van der Waals surface area (Å²) >= 11 is 3.39. The molecule has 0 atom stereocenters. The molecular formula is C14H10BrFN2O. The number of pyridine rings is 1. The fourth-order valence-corrected chi connectivity index (χ4v) is 2.47. The van der Waals surface area contributed by atoms with Gasteiger partial charge in [0.05, 0.1) is 24.4 Å². The molecule has 96 valence electrons. The number of aromatic nitrogens is 2. The minimum Gasteiger partial charge on any atom is -0.495 e. The Bertz CT molecular complexity index is 754. The highest BCUT2D eigenvalue weighted by atomic mass is 79.9. The Hall–Kier alpha value is -1.88. The molecule has 3 aromatic rings. The van der Waals surface area contributed by atoms with Crippen LogP contribution in [0, 0.1) is 5.82 Å². The van der Waals surface area contributed by atoms with Crippen molar-refractivity contribution in [3.8, 4) is 17.1 Å². The highest BCUT2D eigenvalue weighted by molar-refractivity contribution is 9.10. The van der Waals surface area contributed by atoms with Gasteiger partial charge >= 0.3 is 0 Å². The SMILES string of the molecule is COc1ccc2c(Br)nc(-c3ccccc3F)n2c1. The normalized spacial score (nSPS) is 10.9. The van der Waals surface area contributed by atoms with Crippen molar-refractivity contribution in [3.63, 3.8) is 0 Å². The summed E-state index contributed by atoms with van der Waals surface area (Å²) in [6, 6.07) is 10.3. The van der Waals surface area contributed by atoms with Gasteiger partial charge in [0.1, 0.15) is 22.0 Å². The number of hydrogen-bond acceptors (Lipinski definition) is 2. The van der Waals surface area contributed by atoms with Gasteiger partial charge in [-0.05, 0) is 40.2 Å². The molecule has 5 heteroatoms. The van der Waals surface area contributed by atoms with Crippen molar-refractivity contribution < 1.29 is 9.13 Å². The number of nitrogens with zero attached hydrogens (tertiary/aromatic N) is 2. The van der Waals surface area contributed by atoms with Crippen molar-refractivity contribution in [3.05, 3.63) is 53.0 Å². The Labute approximate surface area is 117 Å². The van der Waals surface area contributed by atoms with Gasteiger partial charge in [0.15, 0.2) is 0 Å². The van der Waals surface area contributed by atoms with E-state index in [-0.39, 0.29) is 5.82 Å². The summed E-state index contributed by atoms with van der Waals surface area (Å²) in [7, 11) is 1.59. The predicted octanol–water partition coefficient (Wildman–Crippen LogP) is 3.91. The standard InChI is InChI=1S/C14H10BrFN2O/c1-19-9-6-7-12-13(15)17-14(18(12)8-9)10-4-2-3-5-11(10)16/h2-8H,1H3. The third kappa shape index (κ3) is 2.00. The van der Waals surface area contributed by atoms with Crippen LogP contribution in [0.3, 0.4) is 0 Å². The van der Waals surface area contributed by atoms with Gasteiger partial charge in [0.2, 0.25) is 0 Å². The smallest absolute Gasteiger partial charge is 0.148 e. The van der Waals surface area contributed by atoms with Crippen LogP contribution in [0.4, 0.5) is 4.39 Å². The van der Waals surface area contributed by atoms with Crippen LogP contribution < -0.4 is 4.74 Å². The van der Waals surface area contributed by atoms with E-state index in [1.165, 1.54) is 6.07 Å². The first-order valence-corrected chi connectivity index (χ1v) is 6.46. The number of imidazole rings is 1. The lowest BCUT2D eigenvalue weighted by Gasteiger charge is -2.05. The number of methoxy groups -OCH3 is 1. The minimum absolute atomic E-state index is 0.301. The molecule has 0 aliphatic rings. The molecule has 0 aliphatic heterocycles. The first-order chi connectivity index (χ1) is 9.20. The predicted molar refractivity (Wildman–Crippen MR) is 74.8 cm³/mol. The molecule has 0 unspecified atom stereocenters. The van der Waals surface area contributed by atoms with Crippen molar-refractivity contribution in [2.24, 2.45) is 0 Å². The molecule has 0 fully saturated rings. The molecular weight excluding hydrogens is 311 g/mol. The van der Waals surface area contributed by atoms with Crippen LogP contribution in [0.15, 0.2) is 47.2 Å². The first kappa shape index (κ1) is 12.2. The van der Waals surface area contributed by atoms with E-state index in [9.17, 15) is 4.39 Å². The van der Waals surface area contributed by atoms with Crippen molar-refractivity contribution >= 4 is 21.4 Å². The fourth-order valence-electron chi connectivity index (χ4n) is 1.98. The van der Waals surface area contributed by atoms with Crippen LogP contribution in [0.1, 0.15) is 0 Å². The van der Waals surface area contributed by atoms with Crippen LogP contribution in [-0.4, -0.2) is 16.5 Å².